The lowest BCUT2D eigenvalue weighted by molar-refractivity contribution is 0.388. The predicted molar refractivity (Wildman–Crippen MR) is 44.9 cm³/mol. The van der Waals surface area contributed by atoms with Crippen LogP contribution < -0.4 is 4.74 Å². The summed E-state index contributed by atoms with van der Waals surface area (Å²) >= 11 is 0. The van der Waals surface area contributed by atoms with E-state index in [2.05, 4.69) is 9.94 Å². The maximum Gasteiger partial charge on any atom is 0.235 e. The number of aryl methyl sites for hydroxylation is 1. The molecule has 0 aliphatic carbocycles. The van der Waals surface area contributed by atoms with Crippen molar-refractivity contribution in [2.45, 2.75) is 6.42 Å². The summed E-state index contributed by atoms with van der Waals surface area (Å²) in [6.07, 6.45) is 2.59. The molecular formula is C8H11N3O. The van der Waals surface area contributed by atoms with Crippen molar-refractivity contribution in [2.24, 2.45) is 7.05 Å². The van der Waals surface area contributed by atoms with E-state index in [1.807, 2.05) is 13.2 Å². The summed E-state index contributed by atoms with van der Waals surface area (Å²) in [5, 5.41) is 4.07. The molecule has 0 atom stereocenters. The number of ether oxygens (including phenoxy) is 1. The van der Waals surface area contributed by atoms with Gasteiger partial charge in [-0.3, -0.25) is 4.68 Å². The van der Waals surface area contributed by atoms with Crippen molar-refractivity contribution in [1.29, 1.82) is 0 Å². The summed E-state index contributed by atoms with van der Waals surface area (Å²) in [7, 11) is 3.42. The molecule has 1 rings (SSSR count). The molecule has 1 heterocycles. The first-order valence-electron chi connectivity index (χ1n) is 3.67. The van der Waals surface area contributed by atoms with Crippen LogP contribution in [0.15, 0.2) is 6.20 Å². The molecule has 12 heavy (non-hydrogen) atoms. The van der Waals surface area contributed by atoms with Gasteiger partial charge in [-0.15, -0.1) is 5.10 Å². The van der Waals surface area contributed by atoms with Crippen molar-refractivity contribution in [1.82, 2.24) is 9.78 Å². The highest BCUT2D eigenvalue weighted by Gasteiger charge is 2.07. The van der Waals surface area contributed by atoms with Gasteiger partial charge in [-0.1, -0.05) is 0 Å². The van der Waals surface area contributed by atoms with E-state index < -0.39 is 0 Å². The van der Waals surface area contributed by atoms with Crippen LogP contribution >= 0.6 is 0 Å². The lowest BCUT2D eigenvalue weighted by Crippen LogP contribution is -1.91. The van der Waals surface area contributed by atoms with Gasteiger partial charge >= 0.3 is 0 Å². The highest BCUT2D eigenvalue weighted by atomic mass is 16.5. The number of hydrogen-bond acceptors (Lipinski definition) is 2. The Morgan fingerprint density at radius 1 is 1.75 bits per heavy atom. The largest absolute Gasteiger partial charge is 0.480 e. The van der Waals surface area contributed by atoms with Crippen molar-refractivity contribution < 1.29 is 4.74 Å². The summed E-state index contributed by atoms with van der Waals surface area (Å²) in [4.78, 5) is 3.27. The summed E-state index contributed by atoms with van der Waals surface area (Å²) in [5.74, 6) is 0.626. The van der Waals surface area contributed by atoms with Crippen LogP contribution in [-0.4, -0.2) is 23.4 Å². The number of hydrogen-bond donors (Lipinski definition) is 0. The Morgan fingerprint density at radius 3 is 3.08 bits per heavy atom. The molecule has 0 bridgehead atoms. The van der Waals surface area contributed by atoms with E-state index in [9.17, 15) is 0 Å². The molecule has 0 amide bonds. The standard InChI is InChI=1S/C8H11N3O/c1-9-5-4-7-6-11(2)10-8(7)12-3/h6H,4-5H2,2-3H3. The average molecular weight is 165 g/mol. The van der Waals surface area contributed by atoms with E-state index in [0.29, 0.717) is 18.8 Å². The number of nitrogens with zero attached hydrogens (tertiary/aromatic N) is 3. The van der Waals surface area contributed by atoms with E-state index in [-0.39, 0.29) is 0 Å². The quantitative estimate of drug-likeness (QED) is 0.623. The van der Waals surface area contributed by atoms with Crippen LogP contribution in [0.25, 0.3) is 4.85 Å². The summed E-state index contributed by atoms with van der Waals surface area (Å²) < 4.78 is 6.72. The molecule has 0 aliphatic rings. The fraction of sp³-hybridized carbons (Fsp3) is 0.500. The van der Waals surface area contributed by atoms with Crippen LogP contribution in [0.4, 0.5) is 0 Å². The zero-order chi connectivity index (χ0) is 8.97. The van der Waals surface area contributed by atoms with E-state index in [4.69, 9.17) is 11.3 Å². The minimum Gasteiger partial charge on any atom is -0.480 e. The number of rotatable bonds is 3. The molecule has 1 aromatic heterocycles. The van der Waals surface area contributed by atoms with Crippen LogP contribution in [-0.2, 0) is 13.5 Å². The van der Waals surface area contributed by atoms with Crippen molar-refractivity contribution in [3.63, 3.8) is 0 Å². The number of aromatic nitrogens is 2. The summed E-state index contributed by atoms with van der Waals surface area (Å²) in [6, 6.07) is 0. The Bertz CT molecular complexity index is 298. The summed E-state index contributed by atoms with van der Waals surface area (Å²) in [6.45, 7) is 7.13. The molecule has 0 unspecified atom stereocenters. The Kier molecular flexibility index (Phi) is 2.70. The van der Waals surface area contributed by atoms with Gasteiger partial charge in [0.1, 0.15) is 0 Å². The van der Waals surface area contributed by atoms with E-state index >= 15 is 0 Å². The van der Waals surface area contributed by atoms with Gasteiger partial charge in [0.05, 0.1) is 13.5 Å². The fourth-order valence-corrected chi connectivity index (χ4v) is 1.04. The number of methoxy groups -OCH3 is 1. The van der Waals surface area contributed by atoms with Crippen molar-refractivity contribution >= 4 is 0 Å². The van der Waals surface area contributed by atoms with Crippen LogP contribution in [0, 0.1) is 6.57 Å². The molecule has 0 aliphatic heterocycles. The molecule has 1 aromatic rings. The van der Waals surface area contributed by atoms with Gasteiger partial charge in [0, 0.05) is 18.8 Å². The third kappa shape index (κ3) is 1.76. The van der Waals surface area contributed by atoms with Gasteiger partial charge < -0.3 is 9.58 Å². The van der Waals surface area contributed by atoms with Crippen LogP contribution in [0.5, 0.6) is 5.88 Å². The van der Waals surface area contributed by atoms with Gasteiger partial charge in [0.2, 0.25) is 12.4 Å². The molecule has 0 saturated heterocycles. The second-order valence-corrected chi connectivity index (χ2v) is 2.47. The fourth-order valence-electron chi connectivity index (χ4n) is 1.04. The predicted octanol–water partition coefficient (Wildman–Crippen LogP) is 0.890. The van der Waals surface area contributed by atoms with Crippen LogP contribution in [0.1, 0.15) is 5.56 Å². The molecular weight excluding hydrogens is 154 g/mol. The maximum absolute atomic E-state index is 6.64. The summed E-state index contributed by atoms with van der Waals surface area (Å²) in [5.41, 5.74) is 0.996. The van der Waals surface area contributed by atoms with Gasteiger partial charge in [0.15, 0.2) is 0 Å². The van der Waals surface area contributed by atoms with Gasteiger partial charge in [-0.2, -0.15) is 0 Å². The third-order valence-electron chi connectivity index (χ3n) is 1.55. The van der Waals surface area contributed by atoms with Gasteiger partial charge in [-0.05, 0) is 0 Å². The van der Waals surface area contributed by atoms with E-state index in [1.54, 1.807) is 11.8 Å². The minimum absolute atomic E-state index is 0.488. The second kappa shape index (κ2) is 3.77. The van der Waals surface area contributed by atoms with E-state index in [0.717, 1.165) is 5.56 Å². The van der Waals surface area contributed by atoms with E-state index in [1.165, 1.54) is 0 Å². The lowest BCUT2D eigenvalue weighted by atomic mass is 10.2. The molecule has 0 radical (unpaired) electrons. The maximum atomic E-state index is 6.64. The molecule has 4 heteroatoms. The molecule has 0 fully saturated rings. The first kappa shape index (κ1) is 8.60. The van der Waals surface area contributed by atoms with Crippen LogP contribution in [0.2, 0.25) is 0 Å². The smallest absolute Gasteiger partial charge is 0.235 e. The minimum atomic E-state index is 0.488. The second-order valence-electron chi connectivity index (χ2n) is 2.47. The third-order valence-corrected chi connectivity index (χ3v) is 1.55. The highest BCUT2D eigenvalue weighted by molar-refractivity contribution is 5.23. The Balaban J connectivity index is 2.76. The molecule has 0 saturated carbocycles. The monoisotopic (exact) mass is 165 g/mol. The molecule has 0 spiro atoms. The zero-order valence-corrected chi connectivity index (χ0v) is 7.24. The van der Waals surface area contributed by atoms with Gasteiger partial charge in [0.25, 0.3) is 0 Å². The Labute approximate surface area is 71.6 Å². The SMILES string of the molecule is [C-]#[N+]CCc1cn(C)nc1OC. The average Bonchev–Trinajstić information content (AvgIpc) is 2.42. The molecule has 64 valence electrons. The van der Waals surface area contributed by atoms with Crippen molar-refractivity contribution in [3.05, 3.63) is 23.2 Å². The normalized spacial score (nSPS) is 9.42. The van der Waals surface area contributed by atoms with Crippen molar-refractivity contribution in [2.75, 3.05) is 13.7 Å². The van der Waals surface area contributed by atoms with Crippen LogP contribution in [0.3, 0.4) is 0 Å². The topological polar surface area (TPSA) is 31.4 Å². The zero-order valence-electron chi connectivity index (χ0n) is 7.24. The first-order valence-corrected chi connectivity index (χ1v) is 3.67. The van der Waals surface area contributed by atoms with Crippen molar-refractivity contribution in [3.8, 4) is 5.88 Å². The molecule has 0 N–H and O–H groups in total. The first-order chi connectivity index (χ1) is 5.77. The Morgan fingerprint density at radius 2 is 2.50 bits per heavy atom. The molecule has 0 aromatic carbocycles. The Hall–Kier alpha value is -1.50. The van der Waals surface area contributed by atoms with Gasteiger partial charge in [-0.25, -0.2) is 6.57 Å². The lowest BCUT2D eigenvalue weighted by Gasteiger charge is -1.94. The molecule has 4 nitrogen and oxygen atoms in total. The highest BCUT2D eigenvalue weighted by Crippen LogP contribution is 2.14.